The predicted octanol–water partition coefficient (Wildman–Crippen LogP) is 2.06. The maximum absolute atomic E-state index is 13.5. The summed E-state index contributed by atoms with van der Waals surface area (Å²) in [6.07, 6.45) is 0. The molecule has 1 atom stereocenters. The molecule has 0 saturated carbocycles. The van der Waals surface area contributed by atoms with Gasteiger partial charge in [0, 0.05) is 37.6 Å². The fourth-order valence-electron chi connectivity index (χ4n) is 3.26. The van der Waals surface area contributed by atoms with E-state index in [-0.39, 0.29) is 11.2 Å². The number of hydrogen-bond donors (Lipinski definition) is 1. The molecule has 2 aliphatic rings. The van der Waals surface area contributed by atoms with Crippen LogP contribution >= 0.6 is 0 Å². The molecule has 1 unspecified atom stereocenters. The summed E-state index contributed by atoms with van der Waals surface area (Å²) in [5.74, 6) is -0.119. The predicted molar refractivity (Wildman–Crippen MR) is 66.6 cm³/mol. The highest BCUT2D eigenvalue weighted by Crippen LogP contribution is 2.40. The zero-order chi connectivity index (χ0) is 12.0. The topological polar surface area (TPSA) is 15.3 Å². The van der Waals surface area contributed by atoms with Gasteiger partial charge in [0.1, 0.15) is 5.82 Å². The number of fused-ring (bicyclic) bond motifs is 3. The molecule has 3 heteroatoms. The molecule has 0 amide bonds. The average Bonchev–Trinajstić information content (AvgIpc) is 2.28. The standard InChI is InChI=1S/C14H19FN2/c1-14(2)9-17-6-5-16-8-13(17)11-7-10(15)3-4-12(11)14/h3-4,7,13,16H,5-6,8-9H2,1-2H3. The van der Waals surface area contributed by atoms with Crippen molar-refractivity contribution in [2.75, 3.05) is 26.2 Å². The number of hydrogen-bond acceptors (Lipinski definition) is 2. The Morgan fingerprint density at radius 2 is 2.24 bits per heavy atom. The van der Waals surface area contributed by atoms with Gasteiger partial charge >= 0.3 is 0 Å². The van der Waals surface area contributed by atoms with E-state index >= 15 is 0 Å². The second kappa shape index (κ2) is 3.79. The molecule has 92 valence electrons. The first-order valence-electron chi connectivity index (χ1n) is 6.33. The van der Waals surface area contributed by atoms with E-state index in [4.69, 9.17) is 0 Å². The van der Waals surface area contributed by atoms with Gasteiger partial charge in [-0.15, -0.1) is 0 Å². The van der Waals surface area contributed by atoms with Gasteiger partial charge in [0.05, 0.1) is 0 Å². The van der Waals surface area contributed by atoms with Crippen molar-refractivity contribution in [1.29, 1.82) is 0 Å². The minimum absolute atomic E-state index is 0.119. The Labute approximate surface area is 102 Å². The summed E-state index contributed by atoms with van der Waals surface area (Å²) in [6.45, 7) is 8.61. The summed E-state index contributed by atoms with van der Waals surface area (Å²) >= 11 is 0. The molecule has 2 nitrogen and oxygen atoms in total. The number of rotatable bonds is 0. The van der Waals surface area contributed by atoms with Crippen LogP contribution in [0.15, 0.2) is 18.2 Å². The third-order valence-electron chi connectivity index (χ3n) is 4.05. The third kappa shape index (κ3) is 1.78. The van der Waals surface area contributed by atoms with E-state index in [0.29, 0.717) is 6.04 Å². The van der Waals surface area contributed by atoms with Crippen molar-refractivity contribution in [3.8, 4) is 0 Å². The Hall–Kier alpha value is -0.930. The Morgan fingerprint density at radius 3 is 3.06 bits per heavy atom. The van der Waals surface area contributed by atoms with Gasteiger partial charge < -0.3 is 5.32 Å². The van der Waals surface area contributed by atoms with Gasteiger partial charge in [-0.3, -0.25) is 4.90 Å². The van der Waals surface area contributed by atoms with Crippen molar-refractivity contribution in [3.05, 3.63) is 35.1 Å². The van der Waals surface area contributed by atoms with Gasteiger partial charge in [0.2, 0.25) is 0 Å². The maximum atomic E-state index is 13.5. The molecule has 2 aliphatic heterocycles. The lowest BCUT2D eigenvalue weighted by Gasteiger charge is -2.47. The van der Waals surface area contributed by atoms with E-state index in [2.05, 4.69) is 24.1 Å². The molecule has 0 bridgehead atoms. The summed E-state index contributed by atoms with van der Waals surface area (Å²) < 4.78 is 13.5. The van der Waals surface area contributed by atoms with E-state index in [1.165, 1.54) is 11.1 Å². The fourth-order valence-corrected chi connectivity index (χ4v) is 3.26. The van der Waals surface area contributed by atoms with Crippen LogP contribution < -0.4 is 5.32 Å². The molecule has 1 N–H and O–H groups in total. The largest absolute Gasteiger partial charge is 0.314 e. The van der Waals surface area contributed by atoms with Crippen molar-refractivity contribution < 1.29 is 4.39 Å². The summed E-state index contributed by atoms with van der Waals surface area (Å²) in [4.78, 5) is 2.48. The highest BCUT2D eigenvalue weighted by Gasteiger charge is 2.38. The molecule has 1 fully saturated rings. The monoisotopic (exact) mass is 234 g/mol. The zero-order valence-electron chi connectivity index (χ0n) is 10.5. The second-order valence-electron chi connectivity index (χ2n) is 5.81. The Bertz CT molecular complexity index is 442. The van der Waals surface area contributed by atoms with Crippen molar-refractivity contribution in [2.24, 2.45) is 0 Å². The van der Waals surface area contributed by atoms with Crippen LogP contribution in [0.2, 0.25) is 0 Å². The van der Waals surface area contributed by atoms with Gasteiger partial charge in [0.25, 0.3) is 0 Å². The summed E-state index contributed by atoms with van der Waals surface area (Å²) in [6, 6.07) is 5.63. The number of nitrogens with one attached hydrogen (secondary N) is 1. The number of piperazine rings is 1. The third-order valence-corrected chi connectivity index (χ3v) is 4.05. The van der Waals surface area contributed by atoms with Crippen LogP contribution in [0.3, 0.4) is 0 Å². The van der Waals surface area contributed by atoms with Crippen molar-refractivity contribution >= 4 is 0 Å². The minimum Gasteiger partial charge on any atom is -0.314 e. The molecule has 2 heterocycles. The van der Waals surface area contributed by atoms with Crippen LogP contribution in [0, 0.1) is 5.82 Å². The average molecular weight is 234 g/mol. The van der Waals surface area contributed by atoms with Gasteiger partial charge in [0.15, 0.2) is 0 Å². The fraction of sp³-hybridized carbons (Fsp3) is 0.571. The molecule has 3 rings (SSSR count). The van der Waals surface area contributed by atoms with Crippen molar-refractivity contribution in [3.63, 3.8) is 0 Å². The lowest BCUT2D eigenvalue weighted by molar-refractivity contribution is 0.113. The molecule has 1 aromatic carbocycles. The SMILES string of the molecule is CC1(C)CN2CCNCC2c2cc(F)ccc21. The number of nitrogens with zero attached hydrogens (tertiary/aromatic N) is 1. The molecule has 0 aliphatic carbocycles. The quantitative estimate of drug-likeness (QED) is 0.739. The van der Waals surface area contributed by atoms with Gasteiger partial charge in [-0.25, -0.2) is 4.39 Å². The molecular formula is C14H19FN2. The van der Waals surface area contributed by atoms with E-state index in [1.54, 1.807) is 12.1 Å². The van der Waals surface area contributed by atoms with Crippen LogP contribution in [0.5, 0.6) is 0 Å². The molecule has 0 aromatic heterocycles. The van der Waals surface area contributed by atoms with Gasteiger partial charge in [-0.2, -0.15) is 0 Å². The van der Waals surface area contributed by atoms with Crippen LogP contribution in [0.4, 0.5) is 4.39 Å². The lowest BCUT2D eigenvalue weighted by atomic mass is 9.75. The smallest absolute Gasteiger partial charge is 0.123 e. The Balaban J connectivity index is 2.11. The van der Waals surface area contributed by atoms with Crippen LogP contribution in [0.1, 0.15) is 31.0 Å². The summed E-state index contributed by atoms with van der Waals surface area (Å²) in [5.41, 5.74) is 2.61. The highest BCUT2D eigenvalue weighted by atomic mass is 19.1. The van der Waals surface area contributed by atoms with E-state index < -0.39 is 0 Å². The van der Waals surface area contributed by atoms with Crippen molar-refractivity contribution in [2.45, 2.75) is 25.3 Å². The first kappa shape index (κ1) is 11.2. The highest BCUT2D eigenvalue weighted by molar-refractivity contribution is 5.39. The van der Waals surface area contributed by atoms with Crippen LogP contribution in [-0.4, -0.2) is 31.1 Å². The summed E-state index contributed by atoms with van der Waals surface area (Å²) in [7, 11) is 0. The van der Waals surface area contributed by atoms with Crippen LogP contribution in [0.25, 0.3) is 0 Å². The van der Waals surface area contributed by atoms with Gasteiger partial charge in [-0.05, 0) is 23.3 Å². The molecule has 17 heavy (non-hydrogen) atoms. The first-order chi connectivity index (χ1) is 8.08. The van der Waals surface area contributed by atoms with Gasteiger partial charge in [-0.1, -0.05) is 19.9 Å². The molecular weight excluding hydrogens is 215 g/mol. The van der Waals surface area contributed by atoms with E-state index in [1.807, 2.05) is 6.07 Å². The molecule has 1 aromatic rings. The van der Waals surface area contributed by atoms with Crippen LogP contribution in [-0.2, 0) is 5.41 Å². The number of halogens is 1. The van der Waals surface area contributed by atoms with E-state index in [0.717, 1.165) is 26.2 Å². The first-order valence-corrected chi connectivity index (χ1v) is 6.33. The molecule has 1 saturated heterocycles. The lowest BCUT2D eigenvalue weighted by Crippen LogP contribution is -2.53. The second-order valence-corrected chi connectivity index (χ2v) is 5.81. The molecule has 0 radical (unpaired) electrons. The Morgan fingerprint density at radius 1 is 1.41 bits per heavy atom. The number of benzene rings is 1. The summed E-state index contributed by atoms with van der Waals surface area (Å²) in [5, 5.41) is 3.41. The normalized spacial score (nSPS) is 27.4. The van der Waals surface area contributed by atoms with Crippen molar-refractivity contribution in [1.82, 2.24) is 10.2 Å². The molecule has 0 spiro atoms. The maximum Gasteiger partial charge on any atom is 0.123 e. The minimum atomic E-state index is -0.119. The zero-order valence-corrected chi connectivity index (χ0v) is 10.5. The Kier molecular flexibility index (Phi) is 2.49. The van der Waals surface area contributed by atoms with E-state index in [9.17, 15) is 4.39 Å².